The van der Waals surface area contributed by atoms with Crippen LogP contribution in [0.1, 0.15) is 67.2 Å². The summed E-state index contributed by atoms with van der Waals surface area (Å²) < 4.78 is 0. The smallest absolute Gasteiger partial charge is 0.0319 e. The Balaban J connectivity index is 0. The van der Waals surface area contributed by atoms with Crippen molar-refractivity contribution >= 4 is 0 Å². The first-order chi connectivity index (χ1) is 11.6. The van der Waals surface area contributed by atoms with E-state index >= 15 is 0 Å². The molecule has 1 aliphatic heterocycles. The molecule has 2 aliphatic rings. The molecule has 0 unspecified atom stereocenters. The van der Waals surface area contributed by atoms with Crippen molar-refractivity contribution in [1.82, 2.24) is 9.80 Å². The van der Waals surface area contributed by atoms with Gasteiger partial charge < -0.3 is 10.0 Å². The Morgan fingerprint density at radius 3 is 1.88 bits per heavy atom. The van der Waals surface area contributed by atoms with Crippen LogP contribution >= 0.6 is 0 Å². The first-order valence-corrected chi connectivity index (χ1v) is 10.0. The Bertz CT molecular complexity index is 257. The molecule has 0 spiro atoms. The summed E-state index contributed by atoms with van der Waals surface area (Å²) in [6.07, 6.45) is 5.70. The highest BCUT2D eigenvalue weighted by Crippen LogP contribution is 2.33. The molecule has 0 atom stereocenters. The molecule has 1 saturated carbocycles. The van der Waals surface area contributed by atoms with E-state index in [9.17, 15) is 0 Å². The minimum atomic E-state index is 0.728. The maximum atomic E-state index is 7.00. The van der Waals surface area contributed by atoms with Gasteiger partial charge in [-0.1, -0.05) is 27.7 Å². The zero-order valence-electron chi connectivity index (χ0n) is 17.7. The summed E-state index contributed by atoms with van der Waals surface area (Å²) in [6.45, 7) is 24.7. The number of piperidine rings is 1. The Labute approximate surface area is 153 Å². The molecule has 0 aromatic rings. The van der Waals surface area contributed by atoms with E-state index in [4.69, 9.17) is 5.11 Å². The average molecular weight is 343 g/mol. The van der Waals surface area contributed by atoms with Crippen molar-refractivity contribution in [3.8, 4) is 0 Å². The topological polar surface area (TPSA) is 26.7 Å². The van der Waals surface area contributed by atoms with E-state index in [1.807, 2.05) is 13.8 Å². The molecule has 0 aromatic heterocycles. The minimum absolute atomic E-state index is 0.728. The van der Waals surface area contributed by atoms with Crippen LogP contribution in [0, 0.1) is 11.8 Å². The number of likely N-dealkylation sites (tertiary alicyclic amines) is 1. The molecule has 3 nitrogen and oxygen atoms in total. The Kier molecular flexibility index (Phi) is 17.4. The van der Waals surface area contributed by atoms with E-state index in [-0.39, 0.29) is 0 Å². The summed E-state index contributed by atoms with van der Waals surface area (Å²) in [5.41, 5.74) is 0. The first-order valence-electron chi connectivity index (χ1n) is 10.0. The zero-order valence-corrected chi connectivity index (χ0v) is 17.7. The van der Waals surface area contributed by atoms with E-state index in [0.717, 1.165) is 31.0 Å². The van der Waals surface area contributed by atoms with Gasteiger partial charge in [0.1, 0.15) is 0 Å². The van der Waals surface area contributed by atoms with Gasteiger partial charge in [-0.05, 0) is 71.0 Å². The molecule has 146 valence electrons. The van der Waals surface area contributed by atoms with Gasteiger partial charge in [0.15, 0.2) is 0 Å². The highest BCUT2D eigenvalue weighted by molar-refractivity contribution is 4.88. The summed E-state index contributed by atoms with van der Waals surface area (Å²) in [6, 6.07) is 1.62. The van der Waals surface area contributed by atoms with Crippen molar-refractivity contribution in [2.24, 2.45) is 11.8 Å². The Morgan fingerprint density at radius 1 is 1.08 bits per heavy atom. The lowest BCUT2D eigenvalue weighted by atomic mass is 9.79. The molecule has 2 rings (SSSR count). The van der Waals surface area contributed by atoms with Gasteiger partial charge in [0.05, 0.1) is 0 Å². The minimum Gasteiger partial charge on any atom is -0.400 e. The lowest BCUT2D eigenvalue weighted by molar-refractivity contribution is 0.0342. The number of hydrogen-bond donors (Lipinski definition) is 1. The molecular weight excluding hydrogens is 296 g/mol. The van der Waals surface area contributed by atoms with E-state index in [0.29, 0.717) is 0 Å². The third-order valence-corrected chi connectivity index (χ3v) is 5.10. The number of nitrogens with zero attached hydrogens (tertiary/aromatic N) is 2. The quantitative estimate of drug-likeness (QED) is 0.736. The van der Waals surface area contributed by atoms with E-state index in [1.54, 1.807) is 0 Å². The van der Waals surface area contributed by atoms with Gasteiger partial charge in [-0.3, -0.25) is 4.90 Å². The predicted molar refractivity (Wildman–Crippen MR) is 110 cm³/mol. The fourth-order valence-corrected chi connectivity index (χ4v) is 3.70. The van der Waals surface area contributed by atoms with Gasteiger partial charge in [0, 0.05) is 25.7 Å². The first kappa shape index (κ1) is 25.9. The van der Waals surface area contributed by atoms with Crippen LogP contribution in [-0.4, -0.2) is 60.3 Å². The molecule has 3 heteroatoms. The van der Waals surface area contributed by atoms with Gasteiger partial charge >= 0.3 is 0 Å². The molecule has 1 heterocycles. The van der Waals surface area contributed by atoms with Crippen molar-refractivity contribution in [3.63, 3.8) is 0 Å². The zero-order chi connectivity index (χ0) is 19.1. The largest absolute Gasteiger partial charge is 0.400 e. The summed E-state index contributed by atoms with van der Waals surface area (Å²) in [4.78, 5) is 5.40. The molecule has 0 aromatic carbocycles. The summed E-state index contributed by atoms with van der Waals surface area (Å²) in [7, 11) is 1.00. The average Bonchev–Trinajstić information content (AvgIpc) is 2.62. The number of aliphatic hydroxyl groups is 1. The lowest BCUT2D eigenvalue weighted by Crippen LogP contribution is -2.50. The van der Waals surface area contributed by atoms with Crippen molar-refractivity contribution in [3.05, 3.63) is 13.2 Å². The second-order valence-corrected chi connectivity index (χ2v) is 6.90. The summed E-state index contributed by atoms with van der Waals surface area (Å²) in [5, 5.41) is 7.00. The number of rotatable bonds is 5. The highest BCUT2D eigenvalue weighted by Gasteiger charge is 2.33. The van der Waals surface area contributed by atoms with Crippen molar-refractivity contribution in [1.29, 1.82) is 0 Å². The second kappa shape index (κ2) is 16.1. The fourth-order valence-electron chi connectivity index (χ4n) is 3.70. The van der Waals surface area contributed by atoms with Crippen LogP contribution in [0.15, 0.2) is 13.2 Å². The van der Waals surface area contributed by atoms with E-state index in [1.165, 1.54) is 51.9 Å². The molecule has 0 bridgehead atoms. The van der Waals surface area contributed by atoms with Gasteiger partial charge in [-0.2, -0.15) is 0 Å². The van der Waals surface area contributed by atoms with Crippen LogP contribution in [0.5, 0.6) is 0 Å². The lowest BCUT2D eigenvalue weighted by Gasteiger charge is -2.46. The van der Waals surface area contributed by atoms with Gasteiger partial charge in [-0.15, -0.1) is 13.2 Å². The molecular formula is C21H46N2O. The van der Waals surface area contributed by atoms with Crippen LogP contribution in [0.2, 0.25) is 0 Å². The van der Waals surface area contributed by atoms with Crippen LogP contribution in [0.25, 0.3) is 0 Å². The molecule has 0 radical (unpaired) electrons. The van der Waals surface area contributed by atoms with Crippen molar-refractivity contribution in [2.45, 2.75) is 79.3 Å². The number of aliphatic hydroxyl groups excluding tert-OH is 1. The highest BCUT2D eigenvalue weighted by atomic mass is 16.2. The van der Waals surface area contributed by atoms with Crippen LogP contribution in [0.3, 0.4) is 0 Å². The fraction of sp³-hybridized carbons (Fsp3) is 0.905. The van der Waals surface area contributed by atoms with E-state index in [2.05, 4.69) is 50.7 Å². The third kappa shape index (κ3) is 9.19. The molecule has 1 aliphatic carbocycles. The van der Waals surface area contributed by atoms with Gasteiger partial charge in [0.2, 0.25) is 0 Å². The molecule has 1 saturated heterocycles. The summed E-state index contributed by atoms with van der Waals surface area (Å²) in [5.74, 6) is 1.92. The second-order valence-electron chi connectivity index (χ2n) is 6.90. The van der Waals surface area contributed by atoms with Crippen molar-refractivity contribution < 1.29 is 5.11 Å². The van der Waals surface area contributed by atoms with Crippen LogP contribution in [-0.2, 0) is 0 Å². The molecule has 1 N–H and O–H groups in total. The molecule has 0 amide bonds. The third-order valence-electron chi connectivity index (χ3n) is 5.10. The predicted octanol–water partition coefficient (Wildman–Crippen LogP) is 4.66. The monoisotopic (exact) mass is 342 g/mol. The Morgan fingerprint density at radius 2 is 1.54 bits per heavy atom. The van der Waals surface area contributed by atoms with E-state index < -0.39 is 0 Å². The van der Waals surface area contributed by atoms with Gasteiger partial charge in [-0.25, -0.2) is 0 Å². The SMILES string of the molecule is C=C.CC.CCN1CCC(CN(C(C)C)C2CC(C)C2)CC1.CO. The standard InChI is InChI=1S/C16H32N2.C2H6.C2H4.CH4O/c1-5-17-8-6-15(7-9-17)12-18(13(2)3)16-10-14(4)11-16;3*1-2/h13-16H,5-12H2,1-4H3;1-2H3;1-2H2;2H,1H3. The van der Waals surface area contributed by atoms with Crippen LogP contribution < -0.4 is 0 Å². The maximum Gasteiger partial charge on any atom is 0.0319 e. The number of hydrogen-bond acceptors (Lipinski definition) is 3. The normalized spacial score (nSPS) is 23.9. The molecule has 2 fully saturated rings. The molecule has 24 heavy (non-hydrogen) atoms. The Hall–Kier alpha value is -0.380. The van der Waals surface area contributed by atoms with Crippen LogP contribution in [0.4, 0.5) is 0 Å². The van der Waals surface area contributed by atoms with Gasteiger partial charge in [0.25, 0.3) is 0 Å². The maximum absolute atomic E-state index is 7.00. The van der Waals surface area contributed by atoms with Crippen molar-refractivity contribution in [2.75, 3.05) is 33.3 Å². The summed E-state index contributed by atoms with van der Waals surface area (Å²) >= 11 is 0.